The summed E-state index contributed by atoms with van der Waals surface area (Å²) in [6.45, 7) is 6.81. The third kappa shape index (κ3) is 4.31. The molecule has 0 saturated carbocycles. The molecule has 0 spiro atoms. The molecule has 0 aliphatic carbocycles. The maximum Gasteiger partial charge on any atom is 0.246 e. The van der Waals surface area contributed by atoms with E-state index >= 15 is 0 Å². The largest absolute Gasteiger partial charge is 0.366 e. The third-order valence-corrected chi connectivity index (χ3v) is 4.81. The molecule has 2 aromatic rings. The lowest BCUT2D eigenvalue weighted by Crippen LogP contribution is -2.48. The molecule has 26 heavy (non-hydrogen) atoms. The quantitative estimate of drug-likeness (QED) is 0.766. The van der Waals surface area contributed by atoms with Crippen LogP contribution in [0.2, 0.25) is 0 Å². The Labute approximate surface area is 154 Å². The summed E-state index contributed by atoms with van der Waals surface area (Å²) in [4.78, 5) is 16.2. The van der Waals surface area contributed by atoms with E-state index in [1.54, 1.807) is 18.2 Å². The second-order valence-electron chi connectivity index (χ2n) is 6.92. The van der Waals surface area contributed by atoms with E-state index < -0.39 is 0 Å². The van der Waals surface area contributed by atoms with Crippen molar-refractivity contribution in [2.24, 2.45) is 0 Å². The van der Waals surface area contributed by atoms with Gasteiger partial charge in [-0.05, 0) is 35.3 Å². The Hall–Kier alpha value is -2.62. The lowest BCUT2D eigenvalue weighted by Gasteiger charge is -2.35. The Kier molecular flexibility index (Phi) is 5.71. The van der Waals surface area contributed by atoms with Gasteiger partial charge in [0.1, 0.15) is 5.82 Å². The molecule has 1 amide bonds. The second kappa shape index (κ2) is 8.17. The van der Waals surface area contributed by atoms with Gasteiger partial charge in [-0.25, -0.2) is 4.39 Å². The molecule has 1 fully saturated rings. The molecule has 3 nitrogen and oxygen atoms in total. The molecule has 1 heterocycles. The molecule has 0 radical (unpaired) electrons. The van der Waals surface area contributed by atoms with Crippen LogP contribution in [0.4, 0.5) is 10.1 Å². The van der Waals surface area contributed by atoms with E-state index in [1.165, 1.54) is 11.6 Å². The van der Waals surface area contributed by atoms with Gasteiger partial charge >= 0.3 is 0 Å². The van der Waals surface area contributed by atoms with E-state index in [1.807, 2.05) is 34.1 Å². The molecular formula is C22H25FN2O. The molecular weight excluding hydrogens is 327 g/mol. The smallest absolute Gasteiger partial charge is 0.246 e. The van der Waals surface area contributed by atoms with Crippen LogP contribution in [0, 0.1) is 5.82 Å². The SMILES string of the molecule is CC(C)c1ccc(C=CC(=O)N2CCN(c3ccccc3F)CC2)cc1. The summed E-state index contributed by atoms with van der Waals surface area (Å²) < 4.78 is 13.9. The Morgan fingerprint density at radius 1 is 1.00 bits per heavy atom. The molecule has 0 aromatic heterocycles. The van der Waals surface area contributed by atoms with Crippen LogP contribution in [-0.2, 0) is 4.79 Å². The minimum Gasteiger partial charge on any atom is -0.366 e. The molecule has 0 N–H and O–H groups in total. The van der Waals surface area contributed by atoms with Crippen LogP contribution in [0.3, 0.4) is 0 Å². The zero-order valence-electron chi connectivity index (χ0n) is 15.4. The summed E-state index contributed by atoms with van der Waals surface area (Å²) >= 11 is 0. The van der Waals surface area contributed by atoms with Gasteiger partial charge in [0.15, 0.2) is 0 Å². The van der Waals surface area contributed by atoms with Gasteiger partial charge in [-0.15, -0.1) is 0 Å². The van der Waals surface area contributed by atoms with Crippen molar-refractivity contribution in [1.29, 1.82) is 0 Å². The highest BCUT2D eigenvalue weighted by Crippen LogP contribution is 2.20. The average molecular weight is 352 g/mol. The lowest BCUT2D eigenvalue weighted by atomic mass is 10.0. The fourth-order valence-corrected chi connectivity index (χ4v) is 3.14. The monoisotopic (exact) mass is 352 g/mol. The molecule has 0 unspecified atom stereocenters. The summed E-state index contributed by atoms with van der Waals surface area (Å²) in [5.74, 6) is 0.295. The van der Waals surface area contributed by atoms with Crippen LogP contribution in [0.5, 0.6) is 0 Å². The van der Waals surface area contributed by atoms with Gasteiger partial charge < -0.3 is 9.80 Å². The molecule has 1 aliphatic rings. The van der Waals surface area contributed by atoms with E-state index in [4.69, 9.17) is 0 Å². The van der Waals surface area contributed by atoms with Crippen molar-refractivity contribution >= 4 is 17.7 Å². The molecule has 4 heteroatoms. The molecule has 2 aromatic carbocycles. The summed E-state index contributed by atoms with van der Waals surface area (Å²) in [5, 5.41) is 0. The number of para-hydroxylation sites is 1. The average Bonchev–Trinajstić information content (AvgIpc) is 2.67. The van der Waals surface area contributed by atoms with Crippen LogP contribution in [0.1, 0.15) is 30.9 Å². The van der Waals surface area contributed by atoms with Gasteiger partial charge in [0.25, 0.3) is 0 Å². The Morgan fingerprint density at radius 3 is 2.27 bits per heavy atom. The maximum atomic E-state index is 13.9. The molecule has 1 saturated heterocycles. The highest BCUT2D eigenvalue weighted by Gasteiger charge is 2.21. The summed E-state index contributed by atoms with van der Waals surface area (Å²) in [5.41, 5.74) is 2.92. The van der Waals surface area contributed by atoms with Crippen molar-refractivity contribution in [3.8, 4) is 0 Å². The van der Waals surface area contributed by atoms with Gasteiger partial charge in [0.2, 0.25) is 5.91 Å². The van der Waals surface area contributed by atoms with Crippen LogP contribution in [0.15, 0.2) is 54.6 Å². The Balaban J connectivity index is 1.56. The van der Waals surface area contributed by atoms with Crippen molar-refractivity contribution in [1.82, 2.24) is 4.90 Å². The number of carbonyl (C=O) groups is 1. The number of hydrogen-bond donors (Lipinski definition) is 0. The first-order chi connectivity index (χ1) is 12.5. The minimum absolute atomic E-state index is 0.00567. The summed E-state index contributed by atoms with van der Waals surface area (Å²) in [6, 6.07) is 15.1. The van der Waals surface area contributed by atoms with E-state index in [0.29, 0.717) is 37.8 Å². The number of rotatable bonds is 4. The lowest BCUT2D eigenvalue weighted by molar-refractivity contribution is -0.126. The van der Waals surface area contributed by atoms with Crippen LogP contribution in [0.25, 0.3) is 6.08 Å². The van der Waals surface area contributed by atoms with Crippen LogP contribution < -0.4 is 4.90 Å². The van der Waals surface area contributed by atoms with Gasteiger partial charge in [0.05, 0.1) is 5.69 Å². The van der Waals surface area contributed by atoms with Crippen molar-refractivity contribution < 1.29 is 9.18 Å². The first-order valence-corrected chi connectivity index (χ1v) is 9.11. The Bertz CT molecular complexity index is 775. The Morgan fingerprint density at radius 2 is 1.65 bits per heavy atom. The van der Waals surface area contributed by atoms with Gasteiger partial charge in [0, 0.05) is 32.3 Å². The van der Waals surface area contributed by atoms with E-state index in [0.717, 1.165) is 5.56 Å². The fraction of sp³-hybridized carbons (Fsp3) is 0.318. The highest BCUT2D eigenvalue weighted by atomic mass is 19.1. The standard InChI is InChI=1S/C22H25FN2O/c1-17(2)19-10-7-18(8-11-19)9-12-22(26)25-15-13-24(14-16-25)21-6-4-3-5-20(21)23/h3-12,17H,13-16H2,1-2H3. The first-order valence-electron chi connectivity index (χ1n) is 9.11. The van der Waals surface area contributed by atoms with Crippen molar-refractivity contribution in [3.63, 3.8) is 0 Å². The number of halogens is 1. The molecule has 0 atom stereocenters. The normalized spacial score (nSPS) is 15.1. The highest BCUT2D eigenvalue weighted by molar-refractivity contribution is 5.92. The first kappa shape index (κ1) is 18.2. The number of anilines is 1. The summed E-state index contributed by atoms with van der Waals surface area (Å²) in [6.07, 6.45) is 3.48. The van der Waals surface area contributed by atoms with Gasteiger partial charge in [-0.1, -0.05) is 50.2 Å². The van der Waals surface area contributed by atoms with E-state index in [-0.39, 0.29) is 11.7 Å². The molecule has 3 rings (SSSR count). The topological polar surface area (TPSA) is 23.6 Å². The van der Waals surface area contributed by atoms with Gasteiger partial charge in [-0.2, -0.15) is 0 Å². The molecule has 1 aliphatic heterocycles. The fourth-order valence-electron chi connectivity index (χ4n) is 3.14. The number of carbonyl (C=O) groups excluding carboxylic acids is 1. The minimum atomic E-state index is -0.211. The van der Waals surface area contributed by atoms with Crippen LogP contribution in [-0.4, -0.2) is 37.0 Å². The third-order valence-electron chi connectivity index (χ3n) is 4.81. The zero-order valence-corrected chi connectivity index (χ0v) is 15.4. The number of benzene rings is 2. The zero-order chi connectivity index (χ0) is 18.5. The number of nitrogens with zero attached hydrogens (tertiary/aromatic N) is 2. The van der Waals surface area contributed by atoms with Crippen molar-refractivity contribution in [2.75, 3.05) is 31.1 Å². The number of hydrogen-bond acceptors (Lipinski definition) is 2. The molecule has 0 bridgehead atoms. The molecule has 136 valence electrons. The maximum absolute atomic E-state index is 13.9. The number of amides is 1. The number of piperazine rings is 1. The predicted molar refractivity (Wildman–Crippen MR) is 105 cm³/mol. The van der Waals surface area contributed by atoms with E-state index in [9.17, 15) is 9.18 Å². The second-order valence-corrected chi connectivity index (χ2v) is 6.92. The predicted octanol–water partition coefficient (Wildman–Crippen LogP) is 4.31. The van der Waals surface area contributed by atoms with Crippen LogP contribution >= 0.6 is 0 Å². The van der Waals surface area contributed by atoms with E-state index in [2.05, 4.69) is 26.0 Å². The van der Waals surface area contributed by atoms with Crippen molar-refractivity contribution in [3.05, 3.63) is 71.6 Å². The van der Waals surface area contributed by atoms with Gasteiger partial charge in [-0.3, -0.25) is 4.79 Å². The van der Waals surface area contributed by atoms with Crippen molar-refractivity contribution in [2.45, 2.75) is 19.8 Å². The summed E-state index contributed by atoms with van der Waals surface area (Å²) in [7, 11) is 0.